The van der Waals surface area contributed by atoms with Crippen LogP contribution in [0.5, 0.6) is 5.88 Å². The number of rotatable bonds is 6. The van der Waals surface area contributed by atoms with E-state index < -0.39 is 21.1 Å². The Morgan fingerprint density at radius 1 is 1.29 bits per heavy atom. The highest BCUT2D eigenvalue weighted by Crippen LogP contribution is 2.27. The minimum atomic E-state index is -3.87. The van der Waals surface area contributed by atoms with Gasteiger partial charge in [-0.15, -0.1) is 0 Å². The number of hydrogen-bond acceptors (Lipinski definition) is 8. The van der Waals surface area contributed by atoms with Gasteiger partial charge in [-0.2, -0.15) is 4.31 Å². The van der Waals surface area contributed by atoms with Crippen LogP contribution in [0.15, 0.2) is 41.6 Å². The number of ether oxygens (including phenoxy) is 1. The van der Waals surface area contributed by atoms with Crippen LogP contribution in [0, 0.1) is 10.1 Å². The van der Waals surface area contributed by atoms with Crippen molar-refractivity contribution in [3.8, 4) is 5.88 Å². The third kappa shape index (κ3) is 4.20. The zero-order chi connectivity index (χ0) is 20.3. The van der Waals surface area contributed by atoms with Crippen molar-refractivity contribution in [1.29, 1.82) is 0 Å². The molecule has 0 N–H and O–H groups in total. The Morgan fingerprint density at radius 2 is 2.04 bits per heavy atom. The Bertz CT molecular complexity index is 966. The maximum Gasteiger partial charge on any atom is 0.270 e. The van der Waals surface area contributed by atoms with Crippen molar-refractivity contribution < 1.29 is 18.1 Å². The van der Waals surface area contributed by atoms with E-state index >= 15 is 0 Å². The zero-order valence-corrected chi connectivity index (χ0v) is 16.4. The number of piperidine rings is 1. The predicted octanol–water partition coefficient (Wildman–Crippen LogP) is 1.68. The molecule has 1 aromatic heterocycles. The maximum atomic E-state index is 12.9. The van der Waals surface area contributed by atoms with Crippen molar-refractivity contribution in [3.63, 3.8) is 0 Å². The first kappa shape index (κ1) is 20.0. The van der Waals surface area contributed by atoms with Gasteiger partial charge in [0.05, 0.1) is 16.4 Å². The lowest BCUT2D eigenvalue weighted by atomic mass is 10.1. The molecule has 0 radical (unpaired) electrons. The Morgan fingerprint density at radius 3 is 2.75 bits per heavy atom. The quantitative estimate of drug-likeness (QED) is 0.524. The van der Waals surface area contributed by atoms with Crippen LogP contribution in [0.4, 0.5) is 11.5 Å². The van der Waals surface area contributed by atoms with Gasteiger partial charge in [0.2, 0.25) is 10.0 Å². The standard InChI is InChI=1S/C17H21N5O5S/c1-20(2)16-17(19-9-8-18-16)27-14-6-4-10-21(12-14)28(25,26)15-7-3-5-13(11-15)22(23)24/h3,5,7-9,11,14H,4,6,10,12H2,1-2H3. The summed E-state index contributed by atoms with van der Waals surface area (Å²) in [7, 11) is -0.235. The summed E-state index contributed by atoms with van der Waals surface area (Å²) in [6, 6.07) is 5.07. The van der Waals surface area contributed by atoms with Crippen LogP contribution in [0.2, 0.25) is 0 Å². The Labute approximate surface area is 163 Å². The number of aromatic nitrogens is 2. The van der Waals surface area contributed by atoms with Crippen molar-refractivity contribution in [2.24, 2.45) is 0 Å². The minimum absolute atomic E-state index is 0.101. The molecule has 2 aromatic rings. The Balaban J connectivity index is 1.80. The van der Waals surface area contributed by atoms with Crippen LogP contribution < -0.4 is 9.64 Å². The van der Waals surface area contributed by atoms with Crippen molar-refractivity contribution >= 4 is 21.5 Å². The smallest absolute Gasteiger partial charge is 0.270 e. The number of sulfonamides is 1. The molecule has 28 heavy (non-hydrogen) atoms. The predicted molar refractivity (Wildman–Crippen MR) is 102 cm³/mol. The van der Waals surface area contributed by atoms with E-state index in [-0.39, 0.29) is 17.1 Å². The molecule has 0 amide bonds. The summed E-state index contributed by atoms with van der Waals surface area (Å²) in [6.07, 6.45) is 3.96. The third-order valence-electron chi connectivity index (χ3n) is 4.36. The summed E-state index contributed by atoms with van der Waals surface area (Å²) in [5, 5.41) is 11.0. The fraction of sp³-hybridized carbons (Fsp3) is 0.412. The van der Waals surface area contributed by atoms with E-state index in [0.29, 0.717) is 31.1 Å². The van der Waals surface area contributed by atoms with Gasteiger partial charge in [-0.1, -0.05) is 6.07 Å². The first-order valence-electron chi connectivity index (χ1n) is 8.68. The van der Waals surface area contributed by atoms with E-state index in [9.17, 15) is 18.5 Å². The van der Waals surface area contributed by atoms with Gasteiger partial charge in [0.1, 0.15) is 6.10 Å². The number of anilines is 1. The van der Waals surface area contributed by atoms with E-state index in [1.807, 2.05) is 14.1 Å². The normalized spacial score (nSPS) is 17.9. The molecule has 11 heteroatoms. The number of nitro benzene ring substituents is 1. The number of nitrogens with zero attached hydrogens (tertiary/aromatic N) is 5. The molecule has 2 heterocycles. The van der Waals surface area contributed by atoms with Crippen molar-refractivity contribution in [2.45, 2.75) is 23.8 Å². The van der Waals surface area contributed by atoms with Gasteiger partial charge in [-0.3, -0.25) is 10.1 Å². The number of benzene rings is 1. The first-order chi connectivity index (χ1) is 13.3. The van der Waals surface area contributed by atoms with Gasteiger partial charge >= 0.3 is 0 Å². The summed E-state index contributed by atoms with van der Waals surface area (Å²) in [6.45, 7) is 0.459. The second-order valence-corrected chi connectivity index (χ2v) is 8.52. The van der Waals surface area contributed by atoms with Crippen LogP contribution in [0.1, 0.15) is 12.8 Å². The number of hydrogen-bond donors (Lipinski definition) is 0. The number of nitro groups is 1. The van der Waals surface area contributed by atoms with E-state index in [1.54, 1.807) is 11.1 Å². The van der Waals surface area contributed by atoms with Crippen LogP contribution in [-0.2, 0) is 10.0 Å². The van der Waals surface area contributed by atoms with Crippen molar-refractivity contribution in [3.05, 3.63) is 46.8 Å². The molecule has 0 aliphatic carbocycles. The molecular weight excluding hydrogens is 386 g/mol. The molecule has 1 aliphatic heterocycles. The highest BCUT2D eigenvalue weighted by Gasteiger charge is 2.32. The van der Waals surface area contributed by atoms with E-state index in [1.165, 1.54) is 28.7 Å². The molecule has 0 bridgehead atoms. The average molecular weight is 407 g/mol. The molecule has 1 atom stereocenters. The molecule has 0 spiro atoms. The summed E-state index contributed by atoms with van der Waals surface area (Å²) >= 11 is 0. The molecule has 1 aromatic carbocycles. The molecule has 3 rings (SSSR count). The van der Waals surface area contributed by atoms with Gasteiger partial charge in [-0.25, -0.2) is 18.4 Å². The van der Waals surface area contributed by atoms with Crippen LogP contribution >= 0.6 is 0 Å². The zero-order valence-electron chi connectivity index (χ0n) is 15.6. The molecule has 1 unspecified atom stereocenters. The van der Waals surface area contributed by atoms with Gasteiger partial charge in [-0.05, 0) is 18.9 Å². The molecule has 10 nitrogen and oxygen atoms in total. The van der Waals surface area contributed by atoms with E-state index in [0.717, 1.165) is 6.07 Å². The van der Waals surface area contributed by atoms with Gasteiger partial charge in [0.15, 0.2) is 5.82 Å². The summed E-state index contributed by atoms with van der Waals surface area (Å²) in [5.74, 6) is 0.897. The van der Waals surface area contributed by atoms with E-state index in [4.69, 9.17) is 4.74 Å². The minimum Gasteiger partial charge on any atom is -0.470 e. The summed E-state index contributed by atoms with van der Waals surface area (Å²) < 4.78 is 33.1. The summed E-state index contributed by atoms with van der Waals surface area (Å²) in [4.78, 5) is 20.4. The van der Waals surface area contributed by atoms with E-state index in [2.05, 4.69) is 9.97 Å². The lowest BCUT2D eigenvalue weighted by Crippen LogP contribution is -2.44. The molecule has 150 valence electrons. The number of non-ortho nitro benzene ring substituents is 1. The second-order valence-electron chi connectivity index (χ2n) is 6.58. The Kier molecular flexibility index (Phi) is 5.75. The fourth-order valence-corrected chi connectivity index (χ4v) is 4.54. The molecule has 0 saturated carbocycles. The lowest BCUT2D eigenvalue weighted by molar-refractivity contribution is -0.385. The van der Waals surface area contributed by atoms with Crippen LogP contribution in [0.25, 0.3) is 0 Å². The Hall–Kier alpha value is -2.79. The molecule has 1 aliphatic rings. The SMILES string of the molecule is CN(C)c1nccnc1OC1CCCN(S(=O)(=O)c2cccc([N+](=O)[O-])c2)C1. The highest BCUT2D eigenvalue weighted by molar-refractivity contribution is 7.89. The molecule has 1 fully saturated rings. The van der Waals surface area contributed by atoms with Gasteiger partial charge in [0, 0.05) is 45.2 Å². The molecular formula is C17H21N5O5S. The summed E-state index contributed by atoms with van der Waals surface area (Å²) in [5.41, 5.74) is -0.263. The first-order valence-corrected chi connectivity index (χ1v) is 10.1. The third-order valence-corrected chi connectivity index (χ3v) is 6.22. The topological polar surface area (TPSA) is 119 Å². The van der Waals surface area contributed by atoms with Crippen molar-refractivity contribution in [2.75, 3.05) is 32.1 Å². The van der Waals surface area contributed by atoms with Crippen LogP contribution in [-0.4, -0.2) is 60.9 Å². The van der Waals surface area contributed by atoms with Crippen molar-refractivity contribution in [1.82, 2.24) is 14.3 Å². The monoisotopic (exact) mass is 407 g/mol. The van der Waals surface area contributed by atoms with Gasteiger partial charge in [0.25, 0.3) is 11.6 Å². The largest absolute Gasteiger partial charge is 0.470 e. The van der Waals surface area contributed by atoms with Crippen LogP contribution in [0.3, 0.4) is 0 Å². The molecule has 1 saturated heterocycles. The maximum absolute atomic E-state index is 12.9. The lowest BCUT2D eigenvalue weighted by Gasteiger charge is -2.32. The second kappa shape index (κ2) is 8.07. The van der Waals surface area contributed by atoms with Gasteiger partial charge < -0.3 is 9.64 Å². The highest BCUT2D eigenvalue weighted by atomic mass is 32.2. The average Bonchev–Trinajstić information content (AvgIpc) is 2.68. The fourth-order valence-electron chi connectivity index (χ4n) is 2.99.